The number of hydrogen-bond donors (Lipinski definition) is 0. The number of para-hydroxylation sites is 1. The van der Waals surface area contributed by atoms with Gasteiger partial charge in [-0.25, -0.2) is 0 Å². The maximum atomic E-state index is 11.8. The lowest BCUT2D eigenvalue weighted by Gasteiger charge is -2.28. The second kappa shape index (κ2) is 11.9. The molecule has 0 N–H and O–H groups in total. The average molecular weight is 520 g/mol. The molecule has 0 atom stereocenters. The minimum atomic E-state index is -1.75. The van der Waals surface area contributed by atoms with Gasteiger partial charge >= 0.3 is 0 Å². The van der Waals surface area contributed by atoms with Crippen molar-refractivity contribution in [1.29, 1.82) is 0 Å². The van der Waals surface area contributed by atoms with Gasteiger partial charge in [0.2, 0.25) is 0 Å². The van der Waals surface area contributed by atoms with E-state index in [9.17, 15) is 10.1 Å². The molecule has 0 spiro atoms. The number of benzene rings is 4. The third-order valence-corrected chi connectivity index (χ3v) is 9.90. The van der Waals surface area contributed by atoms with Crippen molar-refractivity contribution in [2.75, 3.05) is 0 Å². The fourth-order valence-electron chi connectivity index (χ4n) is 4.43. The van der Waals surface area contributed by atoms with Crippen molar-refractivity contribution in [2.24, 2.45) is 0 Å². The van der Waals surface area contributed by atoms with Crippen LogP contribution in [0.15, 0.2) is 115 Å². The van der Waals surface area contributed by atoms with Crippen LogP contribution in [0.1, 0.15) is 22.3 Å². The molecule has 3 nitrogen and oxygen atoms in total. The van der Waals surface area contributed by atoms with Crippen molar-refractivity contribution >= 4 is 12.9 Å². The van der Waals surface area contributed by atoms with Crippen LogP contribution < -0.4 is 17.0 Å². The largest absolute Gasteiger partial charge is 1.00 e. The van der Waals surface area contributed by atoms with Crippen molar-refractivity contribution in [3.63, 3.8) is 0 Å². The highest BCUT2D eigenvalue weighted by Gasteiger charge is 2.40. The highest BCUT2D eigenvalue weighted by Crippen LogP contribution is 2.69. The molecule has 4 aromatic rings. The number of nitro benzene ring substituents is 1. The van der Waals surface area contributed by atoms with Gasteiger partial charge in [-0.2, -0.15) is 0 Å². The summed E-state index contributed by atoms with van der Waals surface area (Å²) in [6.45, 7) is 0. The van der Waals surface area contributed by atoms with Gasteiger partial charge in [0.15, 0.2) is 0 Å². The van der Waals surface area contributed by atoms with E-state index in [4.69, 9.17) is 0 Å². The minimum Gasteiger partial charge on any atom is -1.00 e. The first-order valence-electron chi connectivity index (χ1n) is 10.8. The molecule has 33 heavy (non-hydrogen) atoms. The Morgan fingerprint density at radius 2 is 0.909 bits per heavy atom. The summed E-state index contributed by atoms with van der Waals surface area (Å²) in [5.41, 5.74) is 4.96. The van der Waals surface area contributed by atoms with Crippen LogP contribution in [0.2, 0.25) is 0 Å². The Kier molecular flexibility index (Phi) is 8.94. The van der Waals surface area contributed by atoms with Crippen LogP contribution in [-0.2, 0) is 24.6 Å². The molecule has 0 amide bonds. The van der Waals surface area contributed by atoms with Gasteiger partial charge in [0.1, 0.15) is 0 Å². The summed E-state index contributed by atoms with van der Waals surface area (Å²) in [7, 11) is -1.75. The highest BCUT2D eigenvalue weighted by atomic mass is 79.9. The molecule has 0 saturated heterocycles. The fourth-order valence-corrected chi connectivity index (χ4v) is 9.05. The first-order chi connectivity index (χ1) is 15.6. The molecule has 0 radical (unpaired) electrons. The Hall–Kier alpha value is -2.81. The normalized spacial score (nSPS) is 10.9. The van der Waals surface area contributed by atoms with Crippen LogP contribution in [0.5, 0.6) is 0 Å². The predicted molar refractivity (Wildman–Crippen MR) is 134 cm³/mol. The lowest BCUT2D eigenvalue weighted by Crippen LogP contribution is -3.00. The molecular formula is C28H27BrNO2P. The van der Waals surface area contributed by atoms with E-state index in [0.717, 1.165) is 30.2 Å². The Bertz CT molecular complexity index is 1050. The number of rotatable bonds is 9. The van der Waals surface area contributed by atoms with Crippen LogP contribution in [0.3, 0.4) is 0 Å². The molecule has 4 aromatic carbocycles. The van der Waals surface area contributed by atoms with Crippen LogP contribution >= 0.6 is 7.26 Å². The van der Waals surface area contributed by atoms with Crippen LogP contribution in [0, 0.1) is 10.1 Å². The molecule has 0 aliphatic carbocycles. The lowest BCUT2D eigenvalue weighted by atomic mass is 10.2. The molecule has 168 valence electrons. The molecule has 0 bridgehead atoms. The predicted octanol–water partition coefficient (Wildman–Crippen LogP) is 4.72. The standard InChI is InChI=1S/C28H27NO2P.BrH/c30-29(31)28-19-11-10-18-27(28)23-32(20-24-12-4-1-5-13-24,21-25-14-6-2-7-15-25)22-26-16-8-3-9-17-26;/h1-19H,20-23H2;1H/q+1;/p-1. The summed E-state index contributed by atoms with van der Waals surface area (Å²) in [5, 5.41) is 11.8. The molecular weight excluding hydrogens is 493 g/mol. The number of halogens is 1. The van der Waals surface area contributed by atoms with Gasteiger partial charge in [-0.1, -0.05) is 103 Å². The summed E-state index contributed by atoms with van der Waals surface area (Å²) in [5.74, 6) is 0. The number of nitro groups is 1. The summed E-state index contributed by atoms with van der Waals surface area (Å²) in [6.07, 6.45) is 3.58. The molecule has 0 aliphatic heterocycles. The Labute approximate surface area is 206 Å². The van der Waals surface area contributed by atoms with Gasteiger partial charge in [0.05, 0.1) is 35.1 Å². The maximum absolute atomic E-state index is 11.8. The van der Waals surface area contributed by atoms with Crippen LogP contribution in [0.4, 0.5) is 5.69 Å². The SMILES string of the molecule is O=[N+]([O-])c1ccccc1C[P+](Cc1ccccc1)(Cc1ccccc1)Cc1ccccc1.[Br-]. The number of hydrogen-bond acceptors (Lipinski definition) is 2. The first-order valence-corrected chi connectivity index (χ1v) is 13.4. The van der Waals surface area contributed by atoms with E-state index in [0.29, 0.717) is 0 Å². The Balaban J connectivity index is 0.00000306. The summed E-state index contributed by atoms with van der Waals surface area (Å²) in [4.78, 5) is 11.6. The van der Waals surface area contributed by atoms with Crippen LogP contribution in [-0.4, -0.2) is 4.92 Å². The summed E-state index contributed by atoms with van der Waals surface area (Å²) < 4.78 is 0. The van der Waals surface area contributed by atoms with Crippen molar-refractivity contribution in [1.82, 2.24) is 0 Å². The van der Waals surface area contributed by atoms with Gasteiger partial charge in [0.25, 0.3) is 5.69 Å². The van der Waals surface area contributed by atoms with Gasteiger partial charge < -0.3 is 17.0 Å². The van der Waals surface area contributed by atoms with Gasteiger partial charge in [-0.3, -0.25) is 10.1 Å². The highest BCUT2D eigenvalue weighted by molar-refractivity contribution is 7.72. The maximum Gasteiger partial charge on any atom is 0.276 e. The Morgan fingerprint density at radius 3 is 1.30 bits per heavy atom. The van der Waals surface area contributed by atoms with E-state index in [2.05, 4.69) is 72.8 Å². The minimum absolute atomic E-state index is 0. The van der Waals surface area contributed by atoms with Crippen molar-refractivity contribution < 1.29 is 21.9 Å². The average Bonchev–Trinajstić information content (AvgIpc) is 2.81. The second-order valence-corrected chi connectivity index (χ2v) is 12.3. The molecule has 4 rings (SSSR count). The smallest absolute Gasteiger partial charge is 0.276 e. The number of nitrogens with zero attached hydrogens (tertiary/aromatic N) is 1. The Morgan fingerprint density at radius 1 is 0.545 bits per heavy atom. The van der Waals surface area contributed by atoms with E-state index < -0.39 is 7.26 Å². The fraction of sp³-hybridized carbons (Fsp3) is 0.143. The topological polar surface area (TPSA) is 43.1 Å². The molecule has 0 fully saturated rings. The summed E-state index contributed by atoms with van der Waals surface area (Å²) >= 11 is 0. The molecule has 0 aliphatic rings. The van der Waals surface area contributed by atoms with Crippen molar-refractivity contribution in [3.05, 3.63) is 148 Å². The first kappa shape index (κ1) is 24.8. The van der Waals surface area contributed by atoms with Gasteiger partial charge in [-0.05, 0) is 22.8 Å². The molecule has 0 saturated carbocycles. The zero-order valence-corrected chi connectivity index (χ0v) is 20.9. The zero-order chi connectivity index (χ0) is 22.2. The van der Waals surface area contributed by atoms with Crippen LogP contribution in [0.25, 0.3) is 0 Å². The van der Waals surface area contributed by atoms with Crippen molar-refractivity contribution in [2.45, 2.75) is 24.6 Å². The molecule has 0 heterocycles. The van der Waals surface area contributed by atoms with Crippen molar-refractivity contribution in [3.8, 4) is 0 Å². The van der Waals surface area contributed by atoms with E-state index in [-0.39, 0.29) is 27.6 Å². The second-order valence-electron chi connectivity index (χ2n) is 8.32. The molecule has 0 unspecified atom stereocenters. The summed E-state index contributed by atoms with van der Waals surface area (Å²) in [6, 6.07) is 39.0. The lowest BCUT2D eigenvalue weighted by molar-refractivity contribution is -0.385. The van der Waals surface area contributed by atoms with E-state index in [1.165, 1.54) is 16.7 Å². The van der Waals surface area contributed by atoms with Gasteiger partial charge in [0, 0.05) is 13.3 Å². The van der Waals surface area contributed by atoms with E-state index >= 15 is 0 Å². The zero-order valence-electron chi connectivity index (χ0n) is 18.4. The third kappa shape index (κ3) is 6.83. The molecule has 5 heteroatoms. The van der Waals surface area contributed by atoms with E-state index in [1.807, 2.05) is 30.3 Å². The third-order valence-electron chi connectivity index (χ3n) is 5.78. The van der Waals surface area contributed by atoms with Gasteiger partial charge in [-0.15, -0.1) is 0 Å². The quantitative estimate of drug-likeness (QED) is 0.182. The molecule has 0 aromatic heterocycles. The van der Waals surface area contributed by atoms with E-state index in [1.54, 1.807) is 12.1 Å². The monoisotopic (exact) mass is 519 g/mol.